The maximum Gasteiger partial charge on any atom is 0.302 e. The zero-order valence-electron chi connectivity index (χ0n) is 21.9. The topological polar surface area (TPSA) is 95.5 Å². The summed E-state index contributed by atoms with van der Waals surface area (Å²) in [5.41, 5.74) is 2.48. The van der Waals surface area contributed by atoms with Gasteiger partial charge in [-0.2, -0.15) is 0 Å². The number of carbonyl (C=O) groups is 2. The van der Waals surface area contributed by atoms with Gasteiger partial charge in [0.2, 0.25) is 5.95 Å². The average molecular weight is 548 g/mol. The number of benzene rings is 3. The fourth-order valence-corrected chi connectivity index (χ4v) is 4.86. The van der Waals surface area contributed by atoms with Gasteiger partial charge in [0.15, 0.2) is 0 Å². The monoisotopic (exact) mass is 547 g/mol. The second kappa shape index (κ2) is 9.85. The van der Waals surface area contributed by atoms with Crippen molar-refractivity contribution >= 4 is 46.0 Å². The molecule has 4 aromatic rings. The molecule has 1 aromatic heterocycles. The molecule has 1 aliphatic heterocycles. The highest BCUT2D eigenvalue weighted by molar-refractivity contribution is 6.51. The summed E-state index contributed by atoms with van der Waals surface area (Å²) in [6, 6.07) is 15.2. The molecule has 200 valence electrons. The number of nitrogens with one attached hydrogen (secondary N) is 1. The number of aliphatic hydroxyl groups excluding tert-OH is 1. The smallest absolute Gasteiger partial charge is 0.302 e. The molecule has 7 nitrogen and oxygen atoms in total. The number of ketones is 1. The minimum atomic E-state index is -1.00. The second-order valence-corrected chi connectivity index (χ2v) is 10.7. The van der Waals surface area contributed by atoms with Crippen molar-refractivity contribution in [2.45, 2.75) is 39.2 Å². The van der Waals surface area contributed by atoms with E-state index in [2.05, 4.69) is 30.7 Å². The third-order valence-corrected chi connectivity index (χ3v) is 7.01. The van der Waals surface area contributed by atoms with E-state index in [1.165, 1.54) is 29.2 Å². The van der Waals surface area contributed by atoms with Gasteiger partial charge < -0.3 is 14.8 Å². The van der Waals surface area contributed by atoms with Crippen LogP contribution in [0.3, 0.4) is 0 Å². The number of H-pyrrole nitrogens is 1. The number of hydrogen-bond acceptors (Lipinski definition) is 5. The number of aromatic nitrogens is 2. The summed E-state index contributed by atoms with van der Waals surface area (Å²) in [5, 5.41) is 11.8. The van der Waals surface area contributed by atoms with Crippen LogP contribution in [-0.4, -0.2) is 33.4 Å². The molecule has 1 aliphatic rings. The Balaban J connectivity index is 1.71. The molecule has 1 fully saturated rings. The number of carbonyl (C=O) groups excluding carboxylic acids is 2. The Morgan fingerprint density at radius 2 is 1.82 bits per heavy atom. The molecule has 39 heavy (non-hydrogen) atoms. The SMILES string of the molecule is CCOc1cc(/C(O)=C2\C(=O)C(=O)N(c3nc4ccc(F)cc4[nH]3)C2c2ccc(C(C)(C)C)cc2)ccc1Cl. The summed E-state index contributed by atoms with van der Waals surface area (Å²) in [4.78, 5) is 35.6. The lowest BCUT2D eigenvalue weighted by atomic mass is 9.85. The van der Waals surface area contributed by atoms with E-state index < -0.39 is 23.5 Å². The van der Waals surface area contributed by atoms with Crippen LogP contribution in [0.25, 0.3) is 16.8 Å². The van der Waals surface area contributed by atoms with Crippen LogP contribution in [0.5, 0.6) is 5.75 Å². The molecule has 9 heteroatoms. The van der Waals surface area contributed by atoms with Gasteiger partial charge in [-0.15, -0.1) is 0 Å². The third kappa shape index (κ3) is 4.76. The van der Waals surface area contributed by atoms with Crippen molar-refractivity contribution in [2.24, 2.45) is 0 Å². The highest BCUT2D eigenvalue weighted by Gasteiger charge is 2.48. The Kier molecular flexibility index (Phi) is 6.68. The maximum absolute atomic E-state index is 13.9. The van der Waals surface area contributed by atoms with E-state index in [4.69, 9.17) is 16.3 Å². The van der Waals surface area contributed by atoms with E-state index in [1.54, 1.807) is 19.1 Å². The second-order valence-electron chi connectivity index (χ2n) is 10.3. The van der Waals surface area contributed by atoms with Crippen LogP contribution in [-0.2, 0) is 15.0 Å². The van der Waals surface area contributed by atoms with Crippen molar-refractivity contribution < 1.29 is 23.8 Å². The molecule has 2 heterocycles. The van der Waals surface area contributed by atoms with E-state index in [1.807, 2.05) is 24.3 Å². The number of Topliss-reactive ketones (excluding diaryl/α,β-unsaturated/α-hetero) is 1. The van der Waals surface area contributed by atoms with Crippen molar-refractivity contribution in [1.29, 1.82) is 0 Å². The number of fused-ring (bicyclic) bond motifs is 1. The van der Waals surface area contributed by atoms with Crippen LogP contribution in [0.1, 0.15) is 50.4 Å². The minimum absolute atomic E-state index is 0.0627. The summed E-state index contributed by atoms with van der Waals surface area (Å²) in [6.07, 6.45) is 0. The van der Waals surface area contributed by atoms with E-state index in [-0.39, 0.29) is 28.3 Å². The van der Waals surface area contributed by atoms with Gasteiger partial charge in [-0.25, -0.2) is 9.37 Å². The minimum Gasteiger partial charge on any atom is -0.507 e. The number of imidazole rings is 1. The number of ether oxygens (including phenoxy) is 1. The predicted octanol–water partition coefficient (Wildman–Crippen LogP) is 6.68. The molecule has 0 saturated carbocycles. The maximum atomic E-state index is 13.9. The molecule has 0 radical (unpaired) electrons. The Morgan fingerprint density at radius 1 is 1.10 bits per heavy atom. The highest BCUT2D eigenvalue weighted by atomic mass is 35.5. The zero-order chi connectivity index (χ0) is 28.1. The van der Waals surface area contributed by atoms with Gasteiger partial charge in [0.25, 0.3) is 5.78 Å². The molecule has 1 unspecified atom stereocenters. The number of aliphatic hydroxyl groups is 1. The molecule has 1 atom stereocenters. The Bertz CT molecular complexity index is 1640. The van der Waals surface area contributed by atoms with Crippen LogP contribution >= 0.6 is 11.6 Å². The first-order chi connectivity index (χ1) is 18.5. The molecule has 1 saturated heterocycles. The van der Waals surface area contributed by atoms with Crippen molar-refractivity contribution in [2.75, 3.05) is 11.5 Å². The summed E-state index contributed by atoms with van der Waals surface area (Å²) in [5.74, 6) is -2.20. The first kappa shape index (κ1) is 26.4. The van der Waals surface area contributed by atoms with Gasteiger partial charge in [0.05, 0.1) is 34.3 Å². The first-order valence-electron chi connectivity index (χ1n) is 12.5. The molecular weight excluding hydrogens is 521 g/mol. The zero-order valence-corrected chi connectivity index (χ0v) is 22.6. The highest BCUT2D eigenvalue weighted by Crippen LogP contribution is 2.43. The van der Waals surface area contributed by atoms with Crippen LogP contribution in [0.2, 0.25) is 5.02 Å². The van der Waals surface area contributed by atoms with Crippen molar-refractivity contribution in [3.8, 4) is 5.75 Å². The fourth-order valence-electron chi connectivity index (χ4n) is 4.69. The quantitative estimate of drug-likeness (QED) is 0.165. The summed E-state index contributed by atoms with van der Waals surface area (Å²) in [7, 11) is 0. The lowest BCUT2D eigenvalue weighted by Crippen LogP contribution is -2.30. The van der Waals surface area contributed by atoms with Crippen LogP contribution in [0, 0.1) is 5.82 Å². The largest absolute Gasteiger partial charge is 0.507 e. The normalized spacial score (nSPS) is 17.3. The Hall–Kier alpha value is -4.17. The van der Waals surface area contributed by atoms with Gasteiger partial charge in [-0.1, -0.05) is 56.6 Å². The molecule has 0 bridgehead atoms. The van der Waals surface area contributed by atoms with Gasteiger partial charge in [-0.05, 0) is 59.9 Å². The van der Waals surface area contributed by atoms with Crippen molar-refractivity contribution in [1.82, 2.24) is 9.97 Å². The molecule has 0 spiro atoms. The van der Waals surface area contributed by atoms with Gasteiger partial charge in [-0.3, -0.25) is 14.5 Å². The lowest BCUT2D eigenvalue weighted by molar-refractivity contribution is -0.132. The molecule has 1 amide bonds. The lowest BCUT2D eigenvalue weighted by Gasteiger charge is -2.25. The summed E-state index contributed by atoms with van der Waals surface area (Å²) < 4.78 is 19.4. The average Bonchev–Trinajstić information content (AvgIpc) is 3.42. The van der Waals surface area contributed by atoms with Crippen LogP contribution in [0.15, 0.2) is 66.2 Å². The van der Waals surface area contributed by atoms with Gasteiger partial charge in [0.1, 0.15) is 17.3 Å². The number of hydrogen-bond donors (Lipinski definition) is 2. The van der Waals surface area contributed by atoms with E-state index in [0.29, 0.717) is 34.0 Å². The number of halogens is 2. The number of anilines is 1. The van der Waals surface area contributed by atoms with Gasteiger partial charge >= 0.3 is 5.91 Å². The number of nitrogens with zero attached hydrogens (tertiary/aromatic N) is 2. The molecule has 5 rings (SSSR count). The molecule has 0 aliphatic carbocycles. The molecular formula is C30H27ClFN3O4. The third-order valence-electron chi connectivity index (χ3n) is 6.70. The van der Waals surface area contributed by atoms with Crippen molar-refractivity contribution in [3.63, 3.8) is 0 Å². The Labute approximate surface area is 229 Å². The predicted molar refractivity (Wildman–Crippen MR) is 149 cm³/mol. The number of rotatable bonds is 5. The summed E-state index contributed by atoms with van der Waals surface area (Å²) >= 11 is 6.23. The van der Waals surface area contributed by atoms with Crippen molar-refractivity contribution in [3.05, 3.63) is 93.8 Å². The standard InChI is InChI=1S/C30H27ClFN3O4/c1-5-39-23-14-17(8-12-20(23)31)26(36)24-25(16-6-9-18(10-7-16)30(2,3)4)35(28(38)27(24)37)29-33-21-13-11-19(32)15-22(21)34-29/h6-15,25,36H,5H2,1-4H3,(H,33,34)/b26-24+. The summed E-state index contributed by atoms with van der Waals surface area (Å²) in [6.45, 7) is 8.39. The fraction of sp³-hybridized carbons (Fsp3) is 0.233. The van der Waals surface area contributed by atoms with Crippen LogP contribution < -0.4 is 9.64 Å². The molecule has 2 N–H and O–H groups in total. The van der Waals surface area contributed by atoms with E-state index in [0.717, 1.165) is 5.56 Å². The molecule has 3 aromatic carbocycles. The number of amides is 1. The first-order valence-corrected chi connectivity index (χ1v) is 12.9. The number of aromatic amines is 1. The van der Waals surface area contributed by atoms with E-state index in [9.17, 15) is 19.1 Å². The Morgan fingerprint density at radius 3 is 2.49 bits per heavy atom. The van der Waals surface area contributed by atoms with Crippen LogP contribution in [0.4, 0.5) is 10.3 Å². The van der Waals surface area contributed by atoms with Gasteiger partial charge in [0, 0.05) is 5.56 Å². The van der Waals surface area contributed by atoms with E-state index >= 15 is 0 Å².